The predicted octanol–water partition coefficient (Wildman–Crippen LogP) is 2.01. The summed E-state index contributed by atoms with van der Waals surface area (Å²) in [5.41, 5.74) is 6.32. The van der Waals surface area contributed by atoms with Crippen LogP contribution in [0.1, 0.15) is 5.56 Å². The first-order valence-corrected chi connectivity index (χ1v) is 3.31. The highest BCUT2D eigenvalue weighted by molar-refractivity contribution is 7.80. The van der Waals surface area contributed by atoms with Gasteiger partial charge in [-0.2, -0.15) is 0 Å². The molecule has 0 spiro atoms. The first kappa shape index (κ1) is 7.41. The van der Waals surface area contributed by atoms with E-state index in [-0.39, 0.29) is 10.7 Å². The highest BCUT2D eigenvalue weighted by Crippen LogP contribution is 2.22. The van der Waals surface area contributed by atoms with Crippen molar-refractivity contribution < 1.29 is 4.39 Å². The number of nitrogens with two attached hydrogens (primary N) is 1. The summed E-state index contributed by atoms with van der Waals surface area (Å²) in [5.74, 6) is -0.330. The highest BCUT2D eigenvalue weighted by Gasteiger charge is 2.03. The second-order valence-electron chi connectivity index (χ2n) is 2.13. The van der Waals surface area contributed by atoms with Crippen molar-refractivity contribution in [2.45, 2.75) is 11.8 Å². The maximum atomic E-state index is 12.8. The van der Waals surface area contributed by atoms with Crippen LogP contribution in [0, 0.1) is 12.7 Å². The molecule has 0 bridgehead atoms. The van der Waals surface area contributed by atoms with E-state index >= 15 is 0 Å². The Labute approximate surface area is 64.5 Å². The second kappa shape index (κ2) is 2.50. The van der Waals surface area contributed by atoms with Gasteiger partial charge in [-0.05, 0) is 18.6 Å². The second-order valence-corrected chi connectivity index (χ2v) is 2.58. The van der Waals surface area contributed by atoms with Crippen molar-refractivity contribution in [1.82, 2.24) is 0 Å². The Balaban J connectivity index is 3.34. The van der Waals surface area contributed by atoms with Crippen LogP contribution in [0.25, 0.3) is 0 Å². The van der Waals surface area contributed by atoms with Gasteiger partial charge in [0.1, 0.15) is 5.82 Å². The Bertz CT molecular complexity index is 233. The van der Waals surface area contributed by atoms with Gasteiger partial charge in [0.15, 0.2) is 0 Å². The van der Waals surface area contributed by atoms with E-state index in [4.69, 9.17) is 5.73 Å². The summed E-state index contributed by atoms with van der Waals surface area (Å²) >= 11 is 3.88. The van der Waals surface area contributed by atoms with E-state index in [1.807, 2.05) is 0 Å². The first-order chi connectivity index (χ1) is 4.63. The fraction of sp³-hybridized carbons (Fsp3) is 0.143. The smallest absolute Gasteiger partial charge is 0.141 e. The molecule has 0 aliphatic rings. The molecule has 0 saturated heterocycles. The molecule has 1 rings (SSSR count). The lowest BCUT2D eigenvalue weighted by molar-refractivity contribution is 0.595. The Morgan fingerprint density at radius 3 is 2.60 bits per heavy atom. The third-order valence-corrected chi connectivity index (χ3v) is 1.79. The molecule has 1 aromatic carbocycles. The summed E-state index contributed by atoms with van der Waals surface area (Å²) in [7, 11) is 0. The Hall–Kier alpha value is -0.700. The van der Waals surface area contributed by atoms with Crippen molar-refractivity contribution >= 4 is 18.3 Å². The topological polar surface area (TPSA) is 26.0 Å². The van der Waals surface area contributed by atoms with Crippen LogP contribution in [-0.2, 0) is 0 Å². The van der Waals surface area contributed by atoms with Crippen molar-refractivity contribution in [3.8, 4) is 0 Å². The van der Waals surface area contributed by atoms with Crippen LogP contribution < -0.4 is 5.73 Å². The largest absolute Gasteiger partial charge is 0.398 e. The van der Waals surface area contributed by atoms with Gasteiger partial charge in [-0.1, -0.05) is 6.07 Å². The van der Waals surface area contributed by atoms with Crippen LogP contribution in [0.15, 0.2) is 17.0 Å². The Morgan fingerprint density at radius 1 is 1.50 bits per heavy atom. The minimum absolute atomic E-state index is 0.236. The number of nitrogen functional groups attached to an aromatic ring is 1. The molecular weight excluding hydrogens is 149 g/mol. The molecule has 0 aliphatic heterocycles. The molecule has 2 N–H and O–H groups in total. The molecule has 0 amide bonds. The number of hydrogen-bond donors (Lipinski definition) is 2. The van der Waals surface area contributed by atoms with Crippen molar-refractivity contribution in [3.05, 3.63) is 23.5 Å². The summed E-state index contributed by atoms with van der Waals surface area (Å²) in [6, 6.07) is 3.27. The van der Waals surface area contributed by atoms with Gasteiger partial charge in [0, 0.05) is 5.69 Å². The lowest BCUT2D eigenvalue weighted by Crippen LogP contribution is -1.91. The molecule has 0 aromatic heterocycles. The van der Waals surface area contributed by atoms with Gasteiger partial charge in [-0.25, -0.2) is 4.39 Å². The molecule has 10 heavy (non-hydrogen) atoms. The van der Waals surface area contributed by atoms with E-state index in [0.29, 0.717) is 11.3 Å². The molecule has 0 aliphatic carbocycles. The number of aryl methyl sites for hydroxylation is 1. The van der Waals surface area contributed by atoms with Crippen LogP contribution in [0.2, 0.25) is 0 Å². The lowest BCUT2D eigenvalue weighted by Gasteiger charge is -2.01. The number of thiol groups is 1. The van der Waals surface area contributed by atoms with Crippen LogP contribution >= 0.6 is 12.6 Å². The number of benzene rings is 1. The minimum Gasteiger partial charge on any atom is -0.398 e. The first-order valence-electron chi connectivity index (χ1n) is 2.86. The molecule has 1 nitrogen and oxygen atoms in total. The fourth-order valence-corrected chi connectivity index (χ4v) is 0.931. The normalized spacial score (nSPS) is 9.90. The third-order valence-electron chi connectivity index (χ3n) is 1.34. The van der Waals surface area contributed by atoms with E-state index in [9.17, 15) is 4.39 Å². The predicted molar refractivity (Wildman–Crippen MR) is 42.8 cm³/mol. The maximum Gasteiger partial charge on any atom is 0.141 e. The van der Waals surface area contributed by atoms with Crippen LogP contribution in [-0.4, -0.2) is 0 Å². The maximum absolute atomic E-state index is 12.8. The van der Waals surface area contributed by atoms with Gasteiger partial charge in [0.25, 0.3) is 0 Å². The van der Waals surface area contributed by atoms with Gasteiger partial charge >= 0.3 is 0 Å². The molecule has 0 atom stereocenters. The molecule has 0 radical (unpaired) electrons. The summed E-state index contributed by atoms with van der Waals surface area (Å²) in [6.07, 6.45) is 0. The SMILES string of the molecule is Cc1ccc(N)c(S)c1F. The monoisotopic (exact) mass is 157 g/mol. The lowest BCUT2D eigenvalue weighted by atomic mass is 10.2. The quantitative estimate of drug-likeness (QED) is 0.437. The summed E-state index contributed by atoms with van der Waals surface area (Å²) < 4.78 is 12.8. The van der Waals surface area contributed by atoms with Gasteiger partial charge in [0.05, 0.1) is 4.90 Å². The van der Waals surface area contributed by atoms with Crippen molar-refractivity contribution in [2.24, 2.45) is 0 Å². The zero-order valence-corrected chi connectivity index (χ0v) is 6.45. The number of anilines is 1. The standard InChI is InChI=1S/C7H8FNS/c1-4-2-3-5(9)7(10)6(4)8/h2-3,10H,9H2,1H3. The highest BCUT2D eigenvalue weighted by atomic mass is 32.1. The van der Waals surface area contributed by atoms with Gasteiger partial charge in [-0.15, -0.1) is 12.6 Å². The zero-order chi connectivity index (χ0) is 7.72. The molecule has 0 heterocycles. The fourth-order valence-electron chi connectivity index (χ4n) is 0.680. The molecule has 0 unspecified atom stereocenters. The molecule has 0 fully saturated rings. The molecular formula is C7H8FNS. The summed E-state index contributed by atoms with van der Waals surface area (Å²) in [4.78, 5) is 0.236. The van der Waals surface area contributed by atoms with Gasteiger partial charge in [-0.3, -0.25) is 0 Å². The average molecular weight is 157 g/mol. The van der Waals surface area contributed by atoms with Crippen LogP contribution in [0.5, 0.6) is 0 Å². The Morgan fingerprint density at radius 2 is 2.10 bits per heavy atom. The zero-order valence-electron chi connectivity index (χ0n) is 5.56. The van der Waals surface area contributed by atoms with Crippen molar-refractivity contribution in [3.63, 3.8) is 0 Å². The minimum atomic E-state index is -0.330. The third kappa shape index (κ3) is 1.09. The number of rotatable bonds is 0. The van der Waals surface area contributed by atoms with E-state index in [1.165, 1.54) is 0 Å². The molecule has 3 heteroatoms. The van der Waals surface area contributed by atoms with Crippen LogP contribution in [0.3, 0.4) is 0 Å². The van der Waals surface area contributed by atoms with E-state index in [0.717, 1.165) is 0 Å². The van der Waals surface area contributed by atoms with E-state index < -0.39 is 0 Å². The number of hydrogen-bond acceptors (Lipinski definition) is 2. The summed E-state index contributed by atoms with van der Waals surface area (Å²) in [6.45, 7) is 1.68. The van der Waals surface area contributed by atoms with E-state index in [1.54, 1.807) is 19.1 Å². The van der Waals surface area contributed by atoms with Crippen LogP contribution in [0.4, 0.5) is 10.1 Å². The van der Waals surface area contributed by atoms with Crippen molar-refractivity contribution in [1.29, 1.82) is 0 Å². The van der Waals surface area contributed by atoms with Gasteiger partial charge in [0.2, 0.25) is 0 Å². The summed E-state index contributed by atoms with van der Waals surface area (Å²) in [5, 5.41) is 0. The molecule has 0 saturated carbocycles. The van der Waals surface area contributed by atoms with E-state index in [2.05, 4.69) is 12.6 Å². The number of halogens is 1. The Kier molecular flexibility index (Phi) is 1.85. The molecule has 54 valence electrons. The average Bonchev–Trinajstić information content (AvgIpc) is 1.93. The molecule has 1 aromatic rings. The van der Waals surface area contributed by atoms with Gasteiger partial charge < -0.3 is 5.73 Å². The van der Waals surface area contributed by atoms with Crippen molar-refractivity contribution in [2.75, 3.05) is 5.73 Å².